The Morgan fingerprint density at radius 1 is 1.69 bits per heavy atom. The third-order valence-electron chi connectivity index (χ3n) is 1.13. The Kier molecular flexibility index (Phi) is 4.90. The Morgan fingerprint density at radius 3 is 2.69 bits per heavy atom. The molecule has 0 bridgehead atoms. The number of hydrogen-bond donors (Lipinski definition) is 2. The Balaban J connectivity index is 4.25. The highest BCUT2D eigenvalue weighted by atomic mass is 16.5. The largest absolute Gasteiger partial charge is 0.481 e. The third-order valence-corrected chi connectivity index (χ3v) is 1.13. The average Bonchev–Trinajstić information content (AvgIpc) is 2.10. The molecule has 0 aliphatic heterocycles. The van der Waals surface area contributed by atoms with E-state index in [0.29, 0.717) is 0 Å². The van der Waals surface area contributed by atoms with Crippen LogP contribution in [0.15, 0.2) is 5.10 Å². The minimum absolute atomic E-state index is 0.516. The number of aliphatic carboxylic acids is 1. The molecule has 72 valence electrons. The molecule has 0 fully saturated rings. The molecule has 0 saturated heterocycles. The molecule has 0 aromatic carbocycles. The number of esters is 1. The second-order valence-corrected chi connectivity index (χ2v) is 2.01. The van der Waals surface area contributed by atoms with Crippen molar-refractivity contribution in [1.29, 1.82) is 0 Å². The molecule has 2 N–H and O–H groups in total. The minimum atomic E-state index is -1.20. The molecule has 0 amide bonds. The van der Waals surface area contributed by atoms with Crippen molar-refractivity contribution < 1.29 is 24.2 Å². The zero-order chi connectivity index (χ0) is 10.3. The summed E-state index contributed by atoms with van der Waals surface area (Å²) >= 11 is 0. The van der Waals surface area contributed by atoms with Gasteiger partial charge in [0.2, 0.25) is 0 Å². The lowest BCUT2D eigenvalue weighted by Gasteiger charge is -2.09. The van der Waals surface area contributed by atoms with Gasteiger partial charge in [0.05, 0.1) is 13.5 Å². The van der Waals surface area contributed by atoms with E-state index in [1.807, 2.05) is 5.43 Å². The van der Waals surface area contributed by atoms with E-state index in [-0.39, 0.29) is 0 Å². The highest BCUT2D eigenvalue weighted by Gasteiger charge is 2.21. The lowest BCUT2D eigenvalue weighted by molar-refractivity contribution is -0.148. The first kappa shape index (κ1) is 11.1. The van der Waals surface area contributed by atoms with Crippen LogP contribution in [0.2, 0.25) is 0 Å². The summed E-state index contributed by atoms with van der Waals surface area (Å²) < 4.78 is 4.26. The minimum Gasteiger partial charge on any atom is -0.481 e. The van der Waals surface area contributed by atoms with E-state index in [0.717, 1.165) is 13.2 Å². The van der Waals surface area contributed by atoms with Gasteiger partial charge in [-0.25, -0.2) is 9.59 Å². The molecule has 0 heterocycles. The molecular formula is C6H8N2O5. The van der Waals surface area contributed by atoms with Crippen LogP contribution in [-0.2, 0) is 19.1 Å². The molecular weight excluding hydrogens is 180 g/mol. The summed E-state index contributed by atoms with van der Waals surface area (Å²) in [6, 6.07) is -1.16. The number of ether oxygens (including phenoxy) is 1. The van der Waals surface area contributed by atoms with Crippen molar-refractivity contribution in [3.8, 4) is 0 Å². The van der Waals surface area contributed by atoms with Crippen molar-refractivity contribution in [1.82, 2.24) is 5.43 Å². The lowest BCUT2D eigenvalue weighted by Crippen LogP contribution is -2.36. The zero-order valence-electron chi connectivity index (χ0n) is 6.81. The Hall–Kier alpha value is -1.88. The number of carbonyl (C=O) groups is 2. The van der Waals surface area contributed by atoms with Gasteiger partial charge in [0.25, 0.3) is 6.08 Å². The van der Waals surface area contributed by atoms with E-state index in [1.54, 1.807) is 0 Å². The second kappa shape index (κ2) is 5.73. The molecule has 7 nitrogen and oxygen atoms in total. The number of carboxylic acids is 1. The number of isocyanates is 1. The van der Waals surface area contributed by atoms with Crippen LogP contribution in [0.1, 0.15) is 6.42 Å². The van der Waals surface area contributed by atoms with Gasteiger partial charge < -0.3 is 9.84 Å². The normalized spacial score (nSPS) is 10.8. The van der Waals surface area contributed by atoms with Crippen LogP contribution in [0.25, 0.3) is 0 Å². The number of rotatable bonds is 5. The maximum atomic E-state index is 10.8. The first-order chi connectivity index (χ1) is 6.11. The zero-order valence-corrected chi connectivity index (χ0v) is 6.81. The van der Waals surface area contributed by atoms with Gasteiger partial charge in [-0.3, -0.25) is 10.2 Å². The van der Waals surface area contributed by atoms with Gasteiger partial charge in [-0.05, 0) is 0 Å². The van der Waals surface area contributed by atoms with Crippen molar-refractivity contribution in [2.75, 3.05) is 7.11 Å². The molecule has 0 spiro atoms. The molecule has 0 unspecified atom stereocenters. The van der Waals surface area contributed by atoms with Gasteiger partial charge >= 0.3 is 11.9 Å². The fourth-order valence-corrected chi connectivity index (χ4v) is 0.603. The monoisotopic (exact) mass is 188 g/mol. The quantitative estimate of drug-likeness (QED) is 0.244. The van der Waals surface area contributed by atoms with Gasteiger partial charge in [-0.2, -0.15) is 0 Å². The molecule has 0 rings (SSSR count). The third kappa shape index (κ3) is 4.54. The standard InChI is InChI=1S/C6H8N2O5/c1-13-6(12)4(2-5(10)11)8-7-3-9/h4,8H,2H2,1H3,(H,10,11)/t4-/m0/s1. The Labute approximate surface area is 73.4 Å². The van der Waals surface area contributed by atoms with Gasteiger partial charge in [0.15, 0.2) is 6.04 Å². The van der Waals surface area contributed by atoms with Crippen molar-refractivity contribution in [2.24, 2.45) is 5.10 Å². The van der Waals surface area contributed by atoms with Crippen LogP contribution < -0.4 is 5.43 Å². The molecule has 0 aromatic rings. The summed E-state index contributed by atoms with van der Waals surface area (Å²) in [5.74, 6) is -2.01. The first-order valence-corrected chi connectivity index (χ1v) is 3.23. The SMILES string of the molecule is COC(=O)[C@H](CC(=O)O)NN=C=O. The molecule has 0 aliphatic rings. The number of carboxylic acid groups (broad SMARTS) is 1. The van der Waals surface area contributed by atoms with Crippen molar-refractivity contribution in [3.05, 3.63) is 0 Å². The Morgan fingerprint density at radius 2 is 2.31 bits per heavy atom. The van der Waals surface area contributed by atoms with E-state index < -0.39 is 24.4 Å². The molecule has 7 heteroatoms. The topological polar surface area (TPSA) is 105 Å². The number of methoxy groups -OCH3 is 1. The predicted octanol–water partition coefficient (Wildman–Crippen LogP) is -1.16. The molecule has 0 radical (unpaired) electrons. The van der Waals surface area contributed by atoms with E-state index >= 15 is 0 Å². The lowest BCUT2D eigenvalue weighted by atomic mass is 10.2. The predicted molar refractivity (Wildman–Crippen MR) is 39.3 cm³/mol. The van der Waals surface area contributed by atoms with E-state index in [9.17, 15) is 14.4 Å². The fraction of sp³-hybridized carbons (Fsp3) is 0.500. The van der Waals surface area contributed by atoms with Gasteiger partial charge in [-0.15, -0.1) is 0 Å². The number of nitrogens with one attached hydrogen (secondary N) is 1. The highest BCUT2D eigenvalue weighted by molar-refractivity contribution is 5.81. The highest BCUT2D eigenvalue weighted by Crippen LogP contribution is 1.94. The number of nitrogens with zero attached hydrogens (tertiary/aromatic N) is 1. The molecule has 0 saturated carbocycles. The maximum Gasteiger partial charge on any atom is 0.330 e. The summed E-state index contributed by atoms with van der Waals surface area (Å²) in [7, 11) is 1.10. The van der Waals surface area contributed by atoms with Gasteiger partial charge in [0.1, 0.15) is 0 Å². The fourth-order valence-electron chi connectivity index (χ4n) is 0.603. The molecule has 13 heavy (non-hydrogen) atoms. The summed E-state index contributed by atoms with van der Waals surface area (Å²) in [5.41, 5.74) is 2.00. The van der Waals surface area contributed by atoms with Crippen LogP contribution >= 0.6 is 0 Å². The van der Waals surface area contributed by atoms with Crippen LogP contribution in [-0.4, -0.2) is 36.3 Å². The van der Waals surface area contributed by atoms with Gasteiger partial charge in [0, 0.05) is 0 Å². The van der Waals surface area contributed by atoms with Crippen LogP contribution in [0, 0.1) is 0 Å². The average molecular weight is 188 g/mol. The van der Waals surface area contributed by atoms with Crippen molar-refractivity contribution >= 4 is 18.0 Å². The molecule has 1 atom stereocenters. The molecule has 0 aliphatic carbocycles. The van der Waals surface area contributed by atoms with Crippen LogP contribution in [0.5, 0.6) is 0 Å². The second-order valence-electron chi connectivity index (χ2n) is 2.01. The number of carbonyl (C=O) groups excluding carboxylic acids is 2. The Bertz CT molecular complexity index is 241. The summed E-state index contributed by atoms with van der Waals surface area (Å²) in [6.45, 7) is 0. The van der Waals surface area contributed by atoms with E-state index in [1.165, 1.54) is 0 Å². The van der Waals surface area contributed by atoms with Crippen molar-refractivity contribution in [2.45, 2.75) is 12.5 Å². The van der Waals surface area contributed by atoms with Crippen LogP contribution in [0.3, 0.4) is 0 Å². The van der Waals surface area contributed by atoms with E-state index in [4.69, 9.17) is 5.11 Å². The molecule has 0 aromatic heterocycles. The number of hydrogen-bond acceptors (Lipinski definition) is 6. The van der Waals surface area contributed by atoms with Crippen molar-refractivity contribution in [3.63, 3.8) is 0 Å². The smallest absolute Gasteiger partial charge is 0.330 e. The maximum absolute atomic E-state index is 10.8. The first-order valence-electron chi connectivity index (χ1n) is 3.23. The summed E-state index contributed by atoms with van der Waals surface area (Å²) in [6.07, 6.45) is 0.598. The summed E-state index contributed by atoms with van der Waals surface area (Å²) in [4.78, 5) is 30.7. The van der Waals surface area contributed by atoms with Crippen LogP contribution in [0.4, 0.5) is 0 Å². The summed E-state index contributed by atoms with van der Waals surface area (Å²) in [5, 5.41) is 11.2. The number of hydrazone groups is 1. The van der Waals surface area contributed by atoms with E-state index in [2.05, 4.69) is 9.84 Å². The van der Waals surface area contributed by atoms with Gasteiger partial charge in [-0.1, -0.05) is 5.10 Å².